The molecule has 1 aromatic carbocycles. The summed E-state index contributed by atoms with van der Waals surface area (Å²) in [5, 5.41) is 3.13. The average Bonchev–Trinajstić information content (AvgIpc) is 2.79. The van der Waals surface area contributed by atoms with E-state index in [9.17, 15) is 4.79 Å². The van der Waals surface area contributed by atoms with Gasteiger partial charge in [0.2, 0.25) is 5.91 Å². The van der Waals surface area contributed by atoms with Crippen LogP contribution >= 0.6 is 0 Å². The number of piperidine rings is 1. The van der Waals surface area contributed by atoms with Crippen molar-refractivity contribution in [1.29, 1.82) is 0 Å². The van der Waals surface area contributed by atoms with E-state index in [0.717, 1.165) is 36.5 Å². The van der Waals surface area contributed by atoms with Gasteiger partial charge < -0.3 is 10.2 Å². The third-order valence-electron chi connectivity index (χ3n) is 4.96. The van der Waals surface area contributed by atoms with Crippen molar-refractivity contribution in [3.05, 3.63) is 84.5 Å². The van der Waals surface area contributed by atoms with Crippen LogP contribution in [0.15, 0.2) is 73.2 Å². The molecule has 0 bridgehead atoms. The second-order valence-electron chi connectivity index (χ2n) is 7.03. The van der Waals surface area contributed by atoms with Gasteiger partial charge in [0.25, 0.3) is 0 Å². The largest absolute Gasteiger partial charge is 0.338 e. The number of likely N-dealkylation sites (tertiary alicyclic amines) is 1. The summed E-state index contributed by atoms with van der Waals surface area (Å²) >= 11 is 0. The second-order valence-corrected chi connectivity index (χ2v) is 7.03. The van der Waals surface area contributed by atoms with Crippen molar-refractivity contribution in [2.24, 2.45) is 0 Å². The summed E-state index contributed by atoms with van der Waals surface area (Å²) in [5.41, 5.74) is 1.94. The van der Waals surface area contributed by atoms with Crippen molar-refractivity contribution in [3.63, 3.8) is 0 Å². The molecule has 3 aromatic rings. The lowest BCUT2D eigenvalue weighted by atomic mass is 9.95. The number of benzene rings is 1. The van der Waals surface area contributed by atoms with Crippen LogP contribution in [0, 0.1) is 0 Å². The maximum Gasteiger partial charge on any atom is 0.246 e. The molecule has 29 heavy (non-hydrogen) atoms. The van der Waals surface area contributed by atoms with E-state index in [-0.39, 0.29) is 11.8 Å². The number of hydrogen-bond donors (Lipinski definition) is 1. The highest BCUT2D eigenvalue weighted by atomic mass is 16.2. The number of pyridine rings is 1. The highest BCUT2D eigenvalue weighted by Gasteiger charge is 2.24. The van der Waals surface area contributed by atoms with Gasteiger partial charge in [0.15, 0.2) is 0 Å². The number of amides is 1. The summed E-state index contributed by atoms with van der Waals surface area (Å²) in [6.07, 6.45) is 10.7. The third kappa shape index (κ3) is 5.04. The van der Waals surface area contributed by atoms with Crippen LogP contribution < -0.4 is 5.32 Å². The van der Waals surface area contributed by atoms with Crippen molar-refractivity contribution < 1.29 is 4.79 Å². The normalized spacial score (nSPS) is 16.7. The molecule has 1 saturated heterocycles. The molecule has 0 saturated carbocycles. The van der Waals surface area contributed by atoms with Crippen molar-refractivity contribution >= 4 is 23.6 Å². The number of nitrogens with zero attached hydrogens (tertiary/aromatic N) is 4. The van der Waals surface area contributed by atoms with Crippen molar-refractivity contribution in [2.75, 3.05) is 18.4 Å². The predicted octanol–water partition coefficient (Wildman–Crippen LogP) is 4.03. The quantitative estimate of drug-likeness (QED) is 0.671. The highest BCUT2D eigenvalue weighted by Crippen LogP contribution is 2.26. The molecule has 2 aromatic heterocycles. The van der Waals surface area contributed by atoms with Crippen LogP contribution in [0.4, 0.5) is 11.6 Å². The average molecular weight is 385 g/mol. The molecule has 1 N–H and O–H groups in total. The van der Waals surface area contributed by atoms with Gasteiger partial charge in [0.05, 0.1) is 18.1 Å². The Morgan fingerprint density at radius 2 is 1.86 bits per heavy atom. The zero-order chi connectivity index (χ0) is 19.9. The van der Waals surface area contributed by atoms with E-state index in [1.807, 2.05) is 59.5 Å². The van der Waals surface area contributed by atoms with E-state index >= 15 is 0 Å². The minimum atomic E-state index is 0.0416. The van der Waals surface area contributed by atoms with Gasteiger partial charge in [-0.25, -0.2) is 9.97 Å². The third-order valence-corrected chi connectivity index (χ3v) is 4.96. The second kappa shape index (κ2) is 9.10. The molecular weight excluding hydrogens is 362 g/mol. The zero-order valence-corrected chi connectivity index (χ0v) is 16.1. The highest BCUT2D eigenvalue weighted by molar-refractivity contribution is 5.91. The molecule has 0 spiro atoms. The molecule has 1 aliphatic heterocycles. The summed E-state index contributed by atoms with van der Waals surface area (Å²) in [5.74, 6) is 1.63. The van der Waals surface area contributed by atoms with E-state index in [1.165, 1.54) is 0 Å². The van der Waals surface area contributed by atoms with Gasteiger partial charge in [-0.2, -0.15) is 0 Å². The first-order valence-electron chi connectivity index (χ1n) is 9.80. The van der Waals surface area contributed by atoms with Crippen molar-refractivity contribution in [1.82, 2.24) is 19.9 Å². The lowest BCUT2D eigenvalue weighted by Gasteiger charge is -2.31. The summed E-state index contributed by atoms with van der Waals surface area (Å²) in [4.78, 5) is 27.8. The van der Waals surface area contributed by atoms with Crippen LogP contribution in [0.3, 0.4) is 0 Å². The molecule has 1 fully saturated rings. The van der Waals surface area contributed by atoms with Crippen LogP contribution in [-0.4, -0.2) is 38.8 Å². The van der Waals surface area contributed by atoms with E-state index < -0.39 is 0 Å². The SMILES string of the molecule is O=C(/C=C/c1ccccc1)N1CCCC(c2cnc(Nc3ccccn3)cn2)C1. The fourth-order valence-electron chi connectivity index (χ4n) is 3.44. The van der Waals surface area contributed by atoms with Crippen LogP contribution in [0.5, 0.6) is 0 Å². The maximum atomic E-state index is 12.6. The first kappa shape index (κ1) is 18.8. The Balaban J connectivity index is 1.37. The minimum absolute atomic E-state index is 0.0416. The Morgan fingerprint density at radius 3 is 2.62 bits per heavy atom. The molecule has 1 aliphatic rings. The van der Waals surface area contributed by atoms with Gasteiger partial charge in [-0.3, -0.25) is 9.78 Å². The molecule has 1 amide bonds. The Labute approximate surface area is 170 Å². The van der Waals surface area contributed by atoms with Crippen molar-refractivity contribution in [2.45, 2.75) is 18.8 Å². The molecule has 1 unspecified atom stereocenters. The van der Waals surface area contributed by atoms with E-state index in [2.05, 4.69) is 20.3 Å². The van der Waals surface area contributed by atoms with Crippen LogP contribution in [0.25, 0.3) is 6.08 Å². The first-order chi connectivity index (χ1) is 14.3. The Morgan fingerprint density at radius 1 is 1.00 bits per heavy atom. The standard InChI is InChI=1S/C23H23N5O/c29-23(12-11-18-7-2-1-3-8-18)28-14-6-9-19(17-28)20-15-26-22(16-25-20)27-21-10-4-5-13-24-21/h1-5,7-8,10-13,15-16,19H,6,9,14,17H2,(H,24,26,27)/b12-11+. The molecule has 4 rings (SSSR count). The molecule has 3 heterocycles. The van der Waals surface area contributed by atoms with Gasteiger partial charge in [0, 0.05) is 31.3 Å². The fourth-order valence-corrected chi connectivity index (χ4v) is 3.44. The molecular formula is C23H23N5O. The predicted molar refractivity (Wildman–Crippen MR) is 114 cm³/mol. The van der Waals surface area contributed by atoms with Gasteiger partial charge in [-0.1, -0.05) is 36.4 Å². The molecule has 0 aliphatic carbocycles. The number of rotatable bonds is 5. The molecule has 146 valence electrons. The smallest absolute Gasteiger partial charge is 0.246 e. The summed E-state index contributed by atoms with van der Waals surface area (Å²) in [6.45, 7) is 1.45. The van der Waals surface area contributed by atoms with Crippen molar-refractivity contribution in [3.8, 4) is 0 Å². The topological polar surface area (TPSA) is 71.0 Å². The van der Waals surface area contributed by atoms with Gasteiger partial charge in [0.1, 0.15) is 11.6 Å². The maximum absolute atomic E-state index is 12.6. The number of anilines is 2. The minimum Gasteiger partial charge on any atom is -0.338 e. The van der Waals surface area contributed by atoms with Crippen LogP contribution in [-0.2, 0) is 4.79 Å². The Kier molecular flexibility index (Phi) is 5.90. The number of nitrogens with one attached hydrogen (secondary N) is 1. The van der Waals surface area contributed by atoms with E-state index in [4.69, 9.17) is 0 Å². The lowest BCUT2D eigenvalue weighted by molar-refractivity contribution is -0.127. The molecule has 6 heteroatoms. The lowest BCUT2D eigenvalue weighted by Crippen LogP contribution is -2.38. The number of carbonyl (C=O) groups is 1. The zero-order valence-electron chi connectivity index (χ0n) is 16.1. The first-order valence-corrected chi connectivity index (χ1v) is 9.80. The van der Waals surface area contributed by atoms with E-state index in [1.54, 1.807) is 24.7 Å². The van der Waals surface area contributed by atoms with E-state index in [0.29, 0.717) is 12.4 Å². The van der Waals surface area contributed by atoms with Gasteiger partial charge >= 0.3 is 0 Å². The summed E-state index contributed by atoms with van der Waals surface area (Å²) < 4.78 is 0. The molecule has 6 nitrogen and oxygen atoms in total. The van der Waals surface area contributed by atoms with Gasteiger partial charge in [-0.05, 0) is 36.6 Å². The fraction of sp³-hybridized carbons (Fsp3) is 0.217. The van der Waals surface area contributed by atoms with Crippen LogP contribution in [0.1, 0.15) is 30.0 Å². The van der Waals surface area contributed by atoms with Crippen LogP contribution in [0.2, 0.25) is 0 Å². The number of aromatic nitrogens is 3. The monoisotopic (exact) mass is 385 g/mol. The molecule has 1 atom stereocenters. The van der Waals surface area contributed by atoms with Gasteiger partial charge in [-0.15, -0.1) is 0 Å². The Hall–Kier alpha value is -3.54. The molecule has 0 radical (unpaired) electrons. The summed E-state index contributed by atoms with van der Waals surface area (Å²) in [6, 6.07) is 15.5. The summed E-state index contributed by atoms with van der Waals surface area (Å²) in [7, 11) is 0. The Bertz CT molecular complexity index is 958. The number of carbonyl (C=O) groups excluding carboxylic acids is 1. The number of hydrogen-bond acceptors (Lipinski definition) is 5.